The standard InChI is InChI=1S/C12H15N3OS/c13-7-8-15(14)12(16)6-9-17-10-11-4-2-1-3-5-11/h1-5H,6,8-10,14H2. The van der Waals surface area contributed by atoms with E-state index in [1.807, 2.05) is 24.3 Å². The molecule has 0 radical (unpaired) electrons. The Labute approximate surface area is 105 Å². The largest absolute Gasteiger partial charge is 0.273 e. The van der Waals surface area contributed by atoms with Crippen LogP contribution >= 0.6 is 11.8 Å². The molecular weight excluding hydrogens is 234 g/mol. The second-order valence-electron chi connectivity index (χ2n) is 3.47. The van der Waals surface area contributed by atoms with E-state index in [-0.39, 0.29) is 12.5 Å². The van der Waals surface area contributed by atoms with Crippen LogP contribution in [0.3, 0.4) is 0 Å². The third kappa shape index (κ3) is 5.38. The molecule has 17 heavy (non-hydrogen) atoms. The fraction of sp³-hybridized carbons (Fsp3) is 0.333. The molecule has 0 aliphatic rings. The van der Waals surface area contributed by atoms with Crippen molar-refractivity contribution in [1.82, 2.24) is 5.01 Å². The third-order valence-corrected chi connectivity index (χ3v) is 3.16. The number of benzene rings is 1. The molecule has 1 rings (SSSR count). The van der Waals surface area contributed by atoms with Gasteiger partial charge in [-0.25, -0.2) is 5.84 Å². The predicted molar refractivity (Wildman–Crippen MR) is 68.7 cm³/mol. The zero-order valence-corrected chi connectivity index (χ0v) is 10.3. The zero-order chi connectivity index (χ0) is 12.5. The van der Waals surface area contributed by atoms with E-state index in [0.717, 1.165) is 10.8 Å². The molecule has 0 aliphatic heterocycles. The quantitative estimate of drug-likeness (QED) is 0.273. The van der Waals surface area contributed by atoms with E-state index in [9.17, 15) is 4.79 Å². The lowest BCUT2D eigenvalue weighted by Gasteiger charge is -2.11. The van der Waals surface area contributed by atoms with Crippen molar-refractivity contribution in [3.8, 4) is 6.07 Å². The first-order valence-electron chi connectivity index (χ1n) is 5.27. The highest BCUT2D eigenvalue weighted by atomic mass is 32.2. The molecule has 0 unspecified atom stereocenters. The van der Waals surface area contributed by atoms with Crippen LogP contribution in [0.15, 0.2) is 30.3 Å². The molecule has 0 bridgehead atoms. The number of nitrogens with two attached hydrogens (primary N) is 1. The zero-order valence-electron chi connectivity index (χ0n) is 9.50. The van der Waals surface area contributed by atoms with E-state index in [2.05, 4.69) is 12.1 Å². The molecule has 0 aromatic heterocycles. The predicted octanol–water partition coefficient (Wildman–Crippen LogP) is 1.54. The molecule has 5 heteroatoms. The normalized spacial score (nSPS) is 9.65. The Morgan fingerprint density at radius 2 is 2.12 bits per heavy atom. The van der Waals surface area contributed by atoms with Crippen LogP contribution in [0.1, 0.15) is 12.0 Å². The minimum atomic E-state index is -0.188. The lowest BCUT2D eigenvalue weighted by molar-refractivity contribution is -0.130. The monoisotopic (exact) mass is 249 g/mol. The number of carbonyl (C=O) groups is 1. The Morgan fingerprint density at radius 3 is 2.76 bits per heavy atom. The Balaban J connectivity index is 2.17. The van der Waals surface area contributed by atoms with Crippen molar-refractivity contribution in [3.63, 3.8) is 0 Å². The van der Waals surface area contributed by atoms with Crippen LogP contribution in [0.25, 0.3) is 0 Å². The van der Waals surface area contributed by atoms with E-state index < -0.39 is 0 Å². The van der Waals surface area contributed by atoms with Gasteiger partial charge in [-0.3, -0.25) is 9.80 Å². The number of hydrogen-bond acceptors (Lipinski definition) is 4. The van der Waals surface area contributed by atoms with Crippen molar-refractivity contribution in [2.45, 2.75) is 12.2 Å². The lowest BCUT2D eigenvalue weighted by Crippen LogP contribution is -2.37. The second kappa shape index (κ2) is 7.71. The van der Waals surface area contributed by atoms with Crippen LogP contribution < -0.4 is 5.84 Å². The van der Waals surface area contributed by atoms with E-state index in [0.29, 0.717) is 12.2 Å². The maximum Gasteiger partial charge on any atom is 0.238 e. The summed E-state index contributed by atoms with van der Waals surface area (Å²) in [6, 6.07) is 11.9. The van der Waals surface area contributed by atoms with Gasteiger partial charge < -0.3 is 0 Å². The number of carbonyl (C=O) groups excluding carboxylic acids is 1. The fourth-order valence-corrected chi connectivity index (χ4v) is 2.12. The average molecular weight is 249 g/mol. The molecule has 0 aliphatic carbocycles. The van der Waals surface area contributed by atoms with Gasteiger partial charge in [0, 0.05) is 17.9 Å². The molecule has 2 N–H and O–H groups in total. The SMILES string of the molecule is N#CCN(N)C(=O)CCSCc1ccccc1. The molecule has 0 saturated heterocycles. The summed E-state index contributed by atoms with van der Waals surface area (Å²) in [5.41, 5.74) is 1.24. The second-order valence-corrected chi connectivity index (χ2v) is 4.57. The number of nitriles is 1. The van der Waals surface area contributed by atoms with Gasteiger partial charge in [0.05, 0.1) is 6.07 Å². The number of nitrogens with zero attached hydrogens (tertiary/aromatic N) is 2. The summed E-state index contributed by atoms with van der Waals surface area (Å²) in [6.45, 7) is -0.0534. The summed E-state index contributed by atoms with van der Waals surface area (Å²) in [5.74, 6) is 6.79. The van der Waals surface area contributed by atoms with Crippen molar-refractivity contribution < 1.29 is 4.79 Å². The number of thioether (sulfide) groups is 1. The minimum Gasteiger partial charge on any atom is -0.273 e. The number of hydrogen-bond donors (Lipinski definition) is 1. The third-order valence-electron chi connectivity index (χ3n) is 2.13. The van der Waals surface area contributed by atoms with E-state index in [4.69, 9.17) is 11.1 Å². The van der Waals surface area contributed by atoms with Gasteiger partial charge in [0.2, 0.25) is 5.91 Å². The number of amides is 1. The molecule has 0 fully saturated rings. The Hall–Kier alpha value is -1.51. The van der Waals surface area contributed by atoms with Gasteiger partial charge in [-0.05, 0) is 5.56 Å². The Kier molecular flexibility index (Phi) is 6.15. The molecule has 4 nitrogen and oxygen atoms in total. The lowest BCUT2D eigenvalue weighted by atomic mass is 10.2. The van der Waals surface area contributed by atoms with Crippen LogP contribution in [0.5, 0.6) is 0 Å². The van der Waals surface area contributed by atoms with Crippen LogP contribution in [0.4, 0.5) is 0 Å². The smallest absolute Gasteiger partial charge is 0.238 e. The maximum absolute atomic E-state index is 11.4. The average Bonchev–Trinajstić information content (AvgIpc) is 2.36. The number of hydrazine groups is 1. The molecule has 1 aromatic rings. The molecule has 0 atom stereocenters. The molecule has 0 spiro atoms. The molecule has 1 amide bonds. The summed E-state index contributed by atoms with van der Waals surface area (Å²) in [7, 11) is 0. The van der Waals surface area contributed by atoms with Crippen molar-refractivity contribution in [2.24, 2.45) is 5.84 Å². The van der Waals surface area contributed by atoms with Gasteiger partial charge >= 0.3 is 0 Å². The van der Waals surface area contributed by atoms with E-state index >= 15 is 0 Å². The van der Waals surface area contributed by atoms with Crippen LogP contribution in [0.2, 0.25) is 0 Å². The molecule has 90 valence electrons. The first kappa shape index (κ1) is 13.6. The van der Waals surface area contributed by atoms with Gasteiger partial charge in [-0.2, -0.15) is 17.0 Å². The maximum atomic E-state index is 11.4. The summed E-state index contributed by atoms with van der Waals surface area (Å²) >= 11 is 1.68. The van der Waals surface area contributed by atoms with E-state index in [1.54, 1.807) is 11.8 Å². The molecular formula is C12H15N3OS. The first-order chi connectivity index (χ1) is 8.24. The highest BCUT2D eigenvalue weighted by Crippen LogP contribution is 2.12. The van der Waals surface area contributed by atoms with Gasteiger partial charge in [-0.1, -0.05) is 30.3 Å². The van der Waals surface area contributed by atoms with Crippen LogP contribution in [-0.2, 0) is 10.5 Å². The van der Waals surface area contributed by atoms with E-state index in [1.165, 1.54) is 5.56 Å². The molecule has 1 aromatic carbocycles. The Morgan fingerprint density at radius 1 is 1.41 bits per heavy atom. The summed E-state index contributed by atoms with van der Waals surface area (Å²) in [5, 5.41) is 9.34. The van der Waals surface area contributed by atoms with Gasteiger partial charge in [0.15, 0.2) is 0 Å². The highest BCUT2D eigenvalue weighted by molar-refractivity contribution is 7.98. The summed E-state index contributed by atoms with van der Waals surface area (Å²) in [4.78, 5) is 11.4. The van der Waals surface area contributed by atoms with Gasteiger partial charge in [0.25, 0.3) is 0 Å². The van der Waals surface area contributed by atoms with Crippen molar-refractivity contribution >= 4 is 17.7 Å². The fourth-order valence-electron chi connectivity index (χ4n) is 1.23. The van der Waals surface area contributed by atoms with Crippen molar-refractivity contribution in [2.75, 3.05) is 12.3 Å². The van der Waals surface area contributed by atoms with Crippen molar-refractivity contribution in [1.29, 1.82) is 5.26 Å². The summed E-state index contributed by atoms with van der Waals surface area (Å²) in [6.07, 6.45) is 0.371. The molecule has 0 heterocycles. The van der Waals surface area contributed by atoms with Crippen LogP contribution in [-0.4, -0.2) is 23.2 Å². The topological polar surface area (TPSA) is 70.1 Å². The molecule has 0 saturated carbocycles. The number of rotatable bonds is 6. The van der Waals surface area contributed by atoms with Gasteiger partial charge in [0.1, 0.15) is 6.54 Å². The highest BCUT2D eigenvalue weighted by Gasteiger charge is 2.07. The first-order valence-corrected chi connectivity index (χ1v) is 6.43. The van der Waals surface area contributed by atoms with Crippen LogP contribution in [0, 0.1) is 11.3 Å². The summed E-state index contributed by atoms with van der Waals surface area (Å²) < 4.78 is 0. The minimum absolute atomic E-state index is 0.0534. The van der Waals surface area contributed by atoms with Gasteiger partial charge in [-0.15, -0.1) is 0 Å². The Bertz CT molecular complexity index is 388. The van der Waals surface area contributed by atoms with Crippen molar-refractivity contribution in [3.05, 3.63) is 35.9 Å².